The van der Waals surface area contributed by atoms with E-state index in [1.54, 1.807) is 60.7 Å². The SMILES string of the molecule is O=C(c1ccccc1)C(C(=O)c1ccccc1)C(C#C[Se]c1ccccc1)c1ccc(F)cc1. The molecule has 0 aliphatic carbocycles. The predicted molar refractivity (Wildman–Crippen MR) is 134 cm³/mol. The molecule has 0 N–H and O–H groups in total. The zero-order chi connectivity index (χ0) is 23.8. The summed E-state index contributed by atoms with van der Waals surface area (Å²) in [5.41, 5.74) is 1.52. The van der Waals surface area contributed by atoms with Crippen LogP contribution in [-0.4, -0.2) is 26.5 Å². The average Bonchev–Trinajstić information content (AvgIpc) is 2.90. The molecule has 0 saturated heterocycles. The Bertz CT molecular complexity index is 1260. The van der Waals surface area contributed by atoms with E-state index in [0.717, 1.165) is 4.46 Å². The molecule has 2 nitrogen and oxygen atoms in total. The predicted octanol–water partition coefficient (Wildman–Crippen LogP) is 5.28. The second-order valence-electron chi connectivity index (χ2n) is 7.63. The van der Waals surface area contributed by atoms with Crippen molar-refractivity contribution in [1.82, 2.24) is 0 Å². The number of Topliss-reactive ketones (excluding diaryl/α,β-unsaturated/α-hetero) is 2. The van der Waals surface area contributed by atoms with E-state index in [2.05, 4.69) is 10.7 Å². The molecule has 4 rings (SSSR count). The minimum atomic E-state index is -1.06. The maximum absolute atomic E-state index is 13.7. The van der Waals surface area contributed by atoms with E-state index in [1.807, 2.05) is 42.5 Å². The summed E-state index contributed by atoms with van der Waals surface area (Å²) in [7, 11) is 0. The summed E-state index contributed by atoms with van der Waals surface area (Å²) in [6.45, 7) is 0. The fourth-order valence-corrected chi connectivity index (χ4v) is 4.91. The van der Waals surface area contributed by atoms with Gasteiger partial charge in [-0.15, -0.1) is 0 Å². The molecule has 4 aromatic carbocycles. The third-order valence-electron chi connectivity index (χ3n) is 5.37. The van der Waals surface area contributed by atoms with Gasteiger partial charge < -0.3 is 0 Å². The van der Waals surface area contributed by atoms with Gasteiger partial charge in [-0.2, -0.15) is 0 Å². The summed E-state index contributed by atoms with van der Waals surface area (Å²) in [6, 6.07) is 33.3. The van der Waals surface area contributed by atoms with Crippen LogP contribution in [0.15, 0.2) is 115 Å². The van der Waals surface area contributed by atoms with E-state index in [9.17, 15) is 14.0 Å². The molecule has 0 bridgehead atoms. The van der Waals surface area contributed by atoms with Crippen LogP contribution in [0.5, 0.6) is 0 Å². The molecule has 1 unspecified atom stereocenters. The Morgan fingerprint density at radius 1 is 0.647 bits per heavy atom. The second kappa shape index (κ2) is 11.4. The van der Waals surface area contributed by atoms with Gasteiger partial charge in [-0.3, -0.25) is 0 Å². The van der Waals surface area contributed by atoms with Gasteiger partial charge in [0.05, 0.1) is 0 Å². The van der Waals surface area contributed by atoms with Gasteiger partial charge >= 0.3 is 205 Å². The maximum atomic E-state index is 13.7. The van der Waals surface area contributed by atoms with Crippen molar-refractivity contribution in [3.8, 4) is 10.7 Å². The Kier molecular flexibility index (Phi) is 7.83. The van der Waals surface area contributed by atoms with Gasteiger partial charge in [0.2, 0.25) is 0 Å². The van der Waals surface area contributed by atoms with Crippen LogP contribution in [0.1, 0.15) is 32.2 Å². The van der Waals surface area contributed by atoms with Crippen molar-refractivity contribution in [3.63, 3.8) is 0 Å². The third-order valence-corrected chi connectivity index (χ3v) is 6.90. The molecule has 0 aromatic heterocycles. The first-order valence-corrected chi connectivity index (χ1v) is 12.5. The van der Waals surface area contributed by atoms with Gasteiger partial charge in [0.15, 0.2) is 0 Å². The van der Waals surface area contributed by atoms with Crippen molar-refractivity contribution in [3.05, 3.63) is 138 Å². The third kappa shape index (κ3) is 5.77. The average molecular weight is 511 g/mol. The van der Waals surface area contributed by atoms with Crippen molar-refractivity contribution >= 4 is 31.0 Å². The number of rotatable bonds is 7. The van der Waals surface area contributed by atoms with E-state index in [-0.39, 0.29) is 32.3 Å². The Hall–Kier alpha value is -3.77. The van der Waals surface area contributed by atoms with Crippen LogP contribution < -0.4 is 4.46 Å². The Morgan fingerprint density at radius 3 is 1.62 bits per heavy atom. The second-order valence-corrected chi connectivity index (χ2v) is 9.47. The number of ketones is 2. The summed E-state index contributed by atoms with van der Waals surface area (Å²) in [5.74, 6) is 0.456. The van der Waals surface area contributed by atoms with E-state index in [1.165, 1.54) is 12.1 Å². The van der Waals surface area contributed by atoms with Crippen molar-refractivity contribution in [2.75, 3.05) is 0 Å². The molecule has 166 valence electrons. The molecule has 34 heavy (non-hydrogen) atoms. The minimum absolute atomic E-state index is 0.157. The first-order chi connectivity index (χ1) is 16.6. The number of carbonyl (C=O) groups is 2. The topological polar surface area (TPSA) is 34.1 Å². The van der Waals surface area contributed by atoms with E-state index < -0.39 is 11.8 Å². The normalized spacial score (nSPS) is 11.4. The molecular formula is C30H21FO2Se. The zero-order valence-electron chi connectivity index (χ0n) is 18.2. The Labute approximate surface area is 205 Å². The van der Waals surface area contributed by atoms with Crippen LogP contribution in [0.2, 0.25) is 0 Å². The summed E-state index contributed by atoms with van der Waals surface area (Å²) in [4.78, 5) is 30.7. The number of hydrogen-bond acceptors (Lipinski definition) is 2. The number of benzene rings is 4. The van der Waals surface area contributed by atoms with Gasteiger partial charge in [0.25, 0.3) is 0 Å². The van der Waals surface area contributed by atoms with Crippen LogP contribution in [0.4, 0.5) is 4.39 Å². The van der Waals surface area contributed by atoms with Crippen LogP contribution >= 0.6 is 0 Å². The fraction of sp³-hybridized carbons (Fsp3) is 0.0667. The Morgan fingerprint density at radius 2 is 1.12 bits per heavy atom. The summed E-state index contributed by atoms with van der Waals surface area (Å²) in [5, 5.41) is 0. The van der Waals surface area contributed by atoms with E-state index in [4.69, 9.17) is 0 Å². The van der Waals surface area contributed by atoms with Crippen LogP contribution in [0.3, 0.4) is 0 Å². The monoisotopic (exact) mass is 512 g/mol. The van der Waals surface area contributed by atoms with Crippen LogP contribution in [0.25, 0.3) is 0 Å². The van der Waals surface area contributed by atoms with Gasteiger partial charge in [0, 0.05) is 0 Å². The van der Waals surface area contributed by atoms with Crippen molar-refractivity contribution in [2.24, 2.45) is 5.92 Å². The quantitative estimate of drug-likeness (QED) is 0.146. The molecule has 1 atom stereocenters. The van der Waals surface area contributed by atoms with Gasteiger partial charge in [-0.25, -0.2) is 0 Å². The molecular weight excluding hydrogens is 490 g/mol. The molecule has 0 spiro atoms. The summed E-state index contributed by atoms with van der Waals surface area (Å²) < 4.78 is 14.8. The molecule has 0 heterocycles. The summed E-state index contributed by atoms with van der Waals surface area (Å²) >= 11 is -0.157. The van der Waals surface area contributed by atoms with Gasteiger partial charge in [-0.1, -0.05) is 0 Å². The molecule has 0 aliphatic rings. The molecule has 0 aliphatic heterocycles. The fourth-order valence-electron chi connectivity index (χ4n) is 3.66. The van der Waals surface area contributed by atoms with Crippen LogP contribution in [0, 0.1) is 22.5 Å². The number of hydrogen-bond donors (Lipinski definition) is 0. The molecule has 0 saturated carbocycles. The van der Waals surface area contributed by atoms with Crippen molar-refractivity contribution in [2.45, 2.75) is 5.92 Å². The van der Waals surface area contributed by atoms with Gasteiger partial charge in [0.1, 0.15) is 0 Å². The molecule has 0 radical (unpaired) electrons. The standard InChI is InChI=1S/C30H21FO2Se/c31-25-18-16-22(17-19-25)27(20-21-34-26-14-8-3-9-15-26)28(29(32)23-10-4-1-5-11-23)30(33)24-12-6-2-7-13-24/h1-19,27-28H. The van der Waals surface area contributed by atoms with E-state index >= 15 is 0 Å². The van der Waals surface area contributed by atoms with Crippen molar-refractivity contribution in [1.29, 1.82) is 0 Å². The molecule has 0 fully saturated rings. The molecule has 0 amide bonds. The molecule has 4 aromatic rings. The first kappa shape index (κ1) is 23.4. The Balaban J connectivity index is 1.80. The zero-order valence-corrected chi connectivity index (χ0v) is 19.9. The number of halogens is 1. The summed E-state index contributed by atoms with van der Waals surface area (Å²) in [6.07, 6.45) is 0. The number of carbonyl (C=O) groups excluding carboxylic acids is 2. The van der Waals surface area contributed by atoms with Gasteiger partial charge in [-0.05, 0) is 0 Å². The van der Waals surface area contributed by atoms with Crippen molar-refractivity contribution < 1.29 is 14.0 Å². The van der Waals surface area contributed by atoms with Crippen LogP contribution in [-0.2, 0) is 0 Å². The molecule has 4 heteroatoms. The first-order valence-electron chi connectivity index (χ1n) is 10.8. The van der Waals surface area contributed by atoms with E-state index in [0.29, 0.717) is 16.7 Å².